The normalized spacial score (nSPS) is 10.7. The third-order valence-electron chi connectivity index (χ3n) is 3.11. The van der Waals surface area contributed by atoms with E-state index < -0.39 is 0 Å². The van der Waals surface area contributed by atoms with Crippen LogP contribution < -0.4 is 5.32 Å². The number of hydrogen-bond donors (Lipinski definition) is 1. The standard InChI is InChI=1S/C16H14FN3O2S/c1-10-18-7-14(23-10)8-19-15(21)6-13-9-22-16(20-13)11-2-4-12(17)5-3-11/h2-5,7,9H,6,8H2,1H3,(H,19,21). The summed E-state index contributed by atoms with van der Waals surface area (Å²) in [6.07, 6.45) is 3.32. The van der Waals surface area contributed by atoms with E-state index in [1.165, 1.54) is 18.4 Å². The number of rotatable bonds is 5. The van der Waals surface area contributed by atoms with Gasteiger partial charge in [0.05, 0.1) is 23.7 Å². The van der Waals surface area contributed by atoms with Crippen LogP contribution in [-0.4, -0.2) is 15.9 Å². The van der Waals surface area contributed by atoms with Crippen LogP contribution in [0.25, 0.3) is 11.5 Å². The van der Waals surface area contributed by atoms with E-state index in [2.05, 4.69) is 15.3 Å². The van der Waals surface area contributed by atoms with E-state index in [0.717, 1.165) is 9.88 Å². The summed E-state index contributed by atoms with van der Waals surface area (Å²) in [4.78, 5) is 21.3. The van der Waals surface area contributed by atoms with Crippen LogP contribution in [0, 0.1) is 12.7 Å². The lowest BCUT2D eigenvalue weighted by molar-refractivity contribution is -0.120. The molecule has 0 radical (unpaired) electrons. The lowest BCUT2D eigenvalue weighted by Crippen LogP contribution is -2.24. The molecule has 7 heteroatoms. The van der Waals surface area contributed by atoms with Crippen molar-refractivity contribution < 1.29 is 13.6 Å². The van der Waals surface area contributed by atoms with Crippen LogP contribution in [0.4, 0.5) is 4.39 Å². The van der Waals surface area contributed by atoms with Crippen molar-refractivity contribution in [1.29, 1.82) is 0 Å². The van der Waals surface area contributed by atoms with Crippen LogP contribution in [0.1, 0.15) is 15.6 Å². The molecule has 0 spiro atoms. The van der Waals surface area contributed by atoms with Crippen LogP contribution in [0.15, 0.2) is 41.1 Å². The van der Waals surface area contributed by atoms with Crippen LogP contribution in [0.3, 0.4) is 0 Å². The molecular weight excluding hydrogens is 317 g/mol. The molecule has 23 heavy (non-hydrogen) atoms. The number of nitrogens with zero attached hydrogens (tertiary/aromatic N) is 2. The van der Waals surface area contributed by atoms with Gasteiger partial charge in [-0.1, -0.05) is 0 Å². The molecule has 0 aliphatic carbocycles. The van der Waals surface area contributed by atoms with Gasteiger partial charge >= 0.3 is 0 Å². The summed E-state index contributed by atoms with van der Waals surface area (Å²) >= 11 is 1.55. The Labute approximate surface area is 136 Å². The van der Waals surface area contributed by atoms with Gasteiger partial charge in [0.25, 0.3) is 0 Å². The highest BCUT2D eigenvalue weighted by atomic mass is 32.1. The Kier molecular flexibility index (Phi) is 4.47. The summed E-state index contributed by atoms with van der Waals surface area (Å²) in [7, 11) is 0. The molecule has 3 rings (SSSR count). The third kappa shape index (κ3) is 4.01. The Hall–Kier alpha value is -2.54. The van der Waals surface area contributed by atoms with Crippen molar-refractivity contribution in [2.75, 3.05) is 0 Å². The maximum atomic E-state index is 12.9. The number of aromatic nitrogens is 2. The van der Waals surface area contributed by atoms with Gasteiger partial charge in [0.2, 0.25) is 11.8 Å². The van der Waals surface area contributed by atoms with Gasteiger partial charge in [0.1, 0.15) is 12.1 Å². The molecule has 3 aromatic rings. The van der Waals surface area contributed by atoms with Crippen molar-refractivity contribution >= 4 is 17.2 Å². The van der Waals surface area contributed by atoms with Gasteiger partial charge in [-0.2, -0.15) is 0 Å². The van der Waals surface area contributed by atoms with E-state index >= 15 is 0 Å². The third-order valence-corrected chi connectivity index (χ3v) is 4.03. The summed E-state index contributed by atoms with van der Waals surface area (Å²) in [6, 6.07) is 5.83. The monoisotopic (exact) mass is 331 g/mol. The molecule has 0 aliphatic rings. The van der Waals surface area contributed by atoms with Crippen molar-refractivity contribution in [3.8, 4) is 11.5 Å². The number of amides is 1. The average molecular weight is 331 g/mol. The number of oxazole rings is 1. The lowest BCUT2D eigenvalue weighted by Gasteiger charge is -2.00. The zero-order valence-electron chi connectivity index (χ0n) is 12.4. The Balaban J connectivity index is 1.58. The first-order chi connectivity index (χ1) is 11.1. The molecule has 0 unspecified atom stereocenters. The van der Waals surface area contributed by atoms with E-state index in [1.54, 1.807) is 29.7 Å². The van der Waals surface area contributed by atoms with Gasteiger partial charge in [0, 0.05) is 16.6 Å². The van der Waals surface area contributed by atoms with E-state index in [-0.39, 0.29) is 18.1 Å². The first-order valence-electron chi connectivity index (χ1n) is 6.98. The Morgan fingerprint density at radius 2 is 2.13 bits per heavy atom. The number of nitrogens with one attached hydrogen (secondary N) is 1. The van der Waals surface area contributed by atoms with Crippen LogP contribution in [-0.2, 0) is 17.8 Å². The van der Waals surface area contributed by atoms with Crippen LogP contribution in [0.2, 0.25) is 0 Å². The quantitative estimate of drug-likeness (QED) is 0.780. The Bertz CT molecular complexity index is 811. The molecule has 1 aromatic carbocycles. The Morgan fingerprint density at radius 3 is 2.83 bits per heavy atom. The van der Waals surface area contributed by atoms with Gasteiger partial charge in [-0.05, 0) is 31.2 Å². The SMILES string of the molecule is Cc1ncc(CNC(=O)Cc2coc(-c3ccc(F)cc3)n2)s1. The molecule has 0 saturated carbocycles. The minimum Gasteiger partial charge on any atom is -0.444 e. The van der Waals surface area contributed by atoms with Gasteiger partial charge in [-0.3, -0.25) is 4.79 Å². The Morgan fingerprint density at radius 1 is 1.35 bits per heavy atom. The van der Waals surface area contributed by atoms with Gasteiger partial charge in [0.15, 0.2) is 0 Å². The fraction of sp³-hybridized carbons (Fsp3) is 0.188. The van der Waals surface area contributed by atoms with Gasteiger partial charge in [-0.25, -0.2) is 14.4 Å². The smallest absolute Gasteiger partial charge is 0.226 e. The fourth-order valence-electron chi connectivity index (χ4n) is 2.01. The van der Waals surface area contributed by atoms with Gasteiger partial charge < -0.3 is 9.73 Å². The molecule has 0 aliphatic heterocycles. The second kappa shape index (κ2) is 6.70. The first kappa shape index (κ1) is 15.4. The molecule has 0 fully saturated rings. The minimum atomic E-state index is -0.321. The van der Waals surface area contributed by atoms with Crippen molar-refractivity contribution in [3.05, 3.63) is 58.1 Å². The number of halogens is 1. The molecular formula is C16H14FN3O2S. The zero-order valence-corrected chi connectivity index (χ0v) is 13.2. The van der Waals surface area contributed by atoms with E-state index in [0.29, 0.717) is 23.7 Å². The molecule has 1 N–H and O–H groups in total. The largest absolute Gasteiger partial charge is 0.444 e. The molecule has 1 amide bonds. The first-order valence-corrected chi connectivity index (χ1v) is 7.80. The van der Waals surface area contributed by atoms with Crippen molar-refractivity contribution in [2.45, 2.75) is 19.9 Å². The second-order valence-corrected chi connectivity index (χ2v) is 6.27. The summed E-state index contributed by atoms with van der Waals surface area (Å²) < 4.78 is 18.2. The second-order valence-electron chi connectivity index (χ2n) is 4.95. The van der Waals surface area contributed by atoms with Crippen molar-refractivity contribution in [3.63, 3.8) is 0 Å². The summed E-state index contributed by atoms with van der Waals surface area (Å²) in [5.74, 6) is -0.0981. The summed E-state index contributed by atoms with van der Waals surface area (Å²) in [5, 5.41) is 3.78. The fourth-order valence-corrected chi connectivity index (χ4v) is 2.75. The molecule has 2 aromatic heterocycles. The minimum absolute atomic E-state index is 0.127. The van der Waals surface area contributed by atoms with E-state index in [4.69, 9.17) is 4.42 Å². The molecule has 0 saturated heterocycles. The molecule has 0 bridgehead atoms. The highest BCUT2D eigenvalue weighted by molar-refractivity contribution is 7.11. The number of thiazole rings is 1. The predicted molar refractivity (Wildman–Crippen MR) is 84.3 cm³/mol. The van der Waals surface area contributed by atoms with E-state index in [9.17, 15) is 9.18 Å². The molecule has 5 nitrogen and oxygen atoms in total. The molecule has 118 valence electrons. The van der Waals surface area contributed by atoms with Crippen LogP contribution >= 0.6 is 11.3 Å². The number of benzene rings is 1. The number of hydrogen-bond acceptors (Lipinski definition) is 5. The molecule has 0 atom stereocenters. The zero-order chi connectivity index (χ0) is 16.2. The molecule has 2 heterocycles. The lowest BCUT2D eigenvalue weighted by atomic mass is 10.2. The predicted octanol–water partition coefficient (Wildman–Crippen LogP) is 3.10. The maximum Gasteiger partial charge on any atom is 0.226 e. The number of aryl methyl sites for hydroxylation is 1. The summed E-state index contributed by atoms with van der Waals surface area (Å²) in [5.41, 5.74) is 1.19. The van der Waals surface area contributed by atoms with Crippen LogP contribution in [0.5, 0.6) is 0 Å². The topological polar surface area (TPSA) is 68.0 Å². The van der Waals surface area contributed by atoms with Gasteiger partial charge in [-0.15, -0.1) is 11.3 Å². The van der Waals surface area contributed by atoms with E-state index in [1.807, 2.05) is 6.92 Å². The summed E-state index contributed by atoms with van der Waals surface area (Å²) in [6.45, 7) is 2.37. The maximum absolute atomic E-state index is 12.9. The highest BCUT2D eigenvalue weighted by Crippen LogP contribution is 2.19. The average Bonchev–Trinajstić information content (AvgIpc) is 3.15. The number of carbonyl (C=O) groups is 1. The van der Waals surface area contributed by atoms with Crippen molar-refractivity contribution in [2.24, 2.45) is 0 Å². The highest BCUT2D eigenvalue weighted by Gasteiger charge is 2.11. The van der Waals surface area contributed by atoms with Crippen molar-refractivity contribution in [1.82, 2.24) is 15.3 Å². The number of carbonyl (C=O) groups excluding carboxylic acids is 1.